The van der Waals surface area contributed by atoms with E-state index in [1.54, 1.807) is 11.3 Å². The van der Waals surface area contributed by atoms with Crippen molar-refractivity contribution in [2.45, 2.75) is 51.4 Å². The van der Waals surface area contributed by atoms with Gasteiger partial charge in [0.15, 0.2) is 4.96 Å². The molecule has 0 spiro atoms. The van der Waals surface area contributed by atoms with Crippen LogP contribution in [0, 0.1) is 5.92 Å². The number of amides is 1. The van der Waals surface area contributed by atoms with Crippen molar-refractivity contribution in [2.24, 2.45) is 5.92 Å². The molecule has 2 aromatic heterocycles. The number of carbonyl (C=O) groups is 1. The van der Waals surface area contributed by atoms with E-state index in [1.165, 1.54) is 44.9 Å². The monoisotopic (exact) mass is 305 g/mol. The molecule has 1 aliphatic carbocycles. The molecule has 0 unspecified atom stereocenters. The molecule has 1 saturated carbocycles. The minimum atomic E-state index is 0.0998. The predicted molar refractivity (Wildman–Crippen MR) is 85.6 cm³/mol. The number of nitrogens with zero attached hydrogens (tertiary/aromatic N) is 2. The molecule has 114 valence electrons. The quantitative estimate of drug-likeness (QED) is 0.941. The molecule has 0 aliphatic heterocycles. The Morgan fingerprint density at radius 1 is 1.29 bits per heavy atom. The van der Waals surface area contributed by atoms with Gasteiger partial charge in [-0.25, -0.2) is 4.98 Å². The van der Waals surface area contributed by atoms with Gasteiger partial charge in [0.05, 0.1) is 12.1 Å². The lowest BCUT2D eigenvalue weighted by molar-refractivity contribution is -0.120. The number of aromatic nitrogens is 2. The van der Waals surface area contributed by atoms with Gasteiger partial charge in [-0.05, 0) is 18.8 Å². The summed E-state index contributed by atoms with van der Waals surface area (Å²) in [6, 6.07) is 0. The first kappa shape index (κ1) is 14.6. The highest BCUT2D eigenvalue weighted by Crippen LogP contribution is 2.21. The molecule has 21 heavy (non-hydrogen) atoms. The van der Waals surface area contributed by atoms with E-state index in [0.717, 1.165) is 17.2 Å². The number of rotatable bonds is 4. The van der Waals surface area contributed by atoms with Crippen LogP contribution in [0.15, 0.2) is 17.8 Å². The Bertz CT molecular complexity index is 553. The number of hydrogen-bond acceptors (Lipinski definition) is 3. The smallest absolute Gasteiger partial charge is 0.226 e. The van der Waals surface area contributed by atoms with Crippen molar-refractivity contribution in [1.82, 2.24) is 14.7 Å². The third-order valence-electron chi connectivity index (χ3n) is 4.30. The largest absolute Gasteiger partial charge is 0.355 e. The topological polar surface area (TPSA) is 46.4 Å². The molecule has 0 saturated heterocycles. The molecule has 0 aromatic carbocycles. The summed E-state index contributed by atoms with van der Waals surface area (Å²) < 4.78 is 1.97. The maximum absolute atomic E-state index is 12.1. The van der Waals surface area contributed by atoms with Crippen LogP contribution in [0.4, 0.5) is 0 Å². The zero-order valence-corrected chi connectivity index (χ0v) is 13.2. The third kappa shape index (κ3) is 4.06. The van der Waals surface area contributed by atoms with Gasteiger partial charge in [0.2, 0.25) is 5.91 Å². The number of hydrogen-bond donors (Lipinski definition) is 1. The Balaban J connectivity index is 1.46. The van der Waals surface area contributed by atoms with Crippen molar-refractivity contribution in [3.05, 3.63) is 23.5 Å². The molecule has 0 bridgehead atoms. The molecule has 3 rings (SSSR count). The Kier molecular flexibility index (Phi) is 4.91. The maximum Gasteiger partial charge on any atom is 0.226 e. The Hall–Kier alpha value is -1.36. The van der Waals surface area contributed by atoms with E-state index in [1.807, 2.05) is 22.2 Å². The van der Waals surface area contributed by atoms with Gasteiger partial charge < -0.3 is 5.32 Å². The maximum atomic E-state index is 12.1. The van der Waals surface area contributed by atoms with Gasteiger partial charge in [-0.1, -0.05) is 32.1 Å². The average molecular weight is 305 g/mol. The lowest BCUT2D eigenvalue weighted by atomic mass is 9.91. The van der Waals surface area contributed by atoms with E-state index in [9.17, 15) is 4.79 Å². The fourth-order valence-electron chi connectivity index (χ4n) is 3.09. The van der Waals surface area contributed by atoms with Crippen molar-refractivity contribution < 1.29 is 4.79 Å². The fraction of sp³-hybridized carbons (Fsp3) is 0.625. The molecule has 2 heterocycles. The van der Waals surface area contributed by atoms with E-state index >= 15 is 0 Å². The first-order valence-corrected chi connectivity index (χ1v) is 8.87. The zero-order valence-electron chi connectivity index (χ0n) is 12.4. The first-order valence-electron chi connectivity index (χ1n) is 7.99. The molecular weight excluding hydrogens is 282 g/mol. The molecule has 1 N–H and O–H groups in total. The first-order chi connectivity index (χ1) is 10.3. The van der Waals surface area contributed by atoms with E-state index in [4.69, 9.17) is 0 Å². The molecular formula is C16H23N3OS. The number of fused-ring (bicyclic) bond motifs is 1. The highest BCUT2D eigenvalue weighted by molar-refractivity contribution is 7.15. The van der Waals surface area contributed by atoms with Gasteiger partial charge in [-0.3, -0.25) is 9.20 Å². The van der Waals surface area contributed by atoms with Crippen molar-refractivity contribution in [3.8, 4) is 0 Å². The Morgan fingerprint density at radius 3 is 2.81 bits per heavy atom. The van der Waals surface area contributed by atoms with Gasteiger partial charge in [0.1, 0.15) is 0 Å². The normalized spacial score (nSPS) is 17.5. The van der Waals surface area contributed by atoms with Crippen LogP contribution < -0.4 is 5.32 Å². The minimum absolute atomic E-state index is 0.0998. The second-order valence-electron chi connectivity index (χ2n) is 6.02. The second kappa shape index (κ2) is 7.07. The van der Waals surface area contributed by atoms with Crippen LogP contribution in [-0.4, -0.2) is 21.8 Å². The summed E-state index contributed by atoms with van der Waals surface area (Å²) in [5.41, 5.74) is 0.858. The second-order valence-corrected chi connectivity index (χ2v) is 6.89. The van der Waals surface area contributed by atoms with E-state index in [2.05, 4.69) is 10.3 Å². The molecule has 1 aliphatic rings. The summed E-state index contributed by atoms with van der Waals surface area (Å²) >= 11 is 1.60. The SMILES string of the molecule is O=C(Cc1cn2ccsc2n1)NCC1CCCCCCC1. The zero-order chi connectivity index (χ0) is 14.5. The van der Waals surface area contributed by atoms with Crippen molar-refractivity contribution in [3.63, 3.8) is 0 Å². The van der Waals surface area contributed by atoms with Crippen LogP contribution in [-0.2, 0) is 11.2 Å². The van der Waals surface area contributed by atoms with Gasteiger partial charge in [-0.2, -0.15) is 0 Å². The highest BCUT2D eigenvalue weighted by atomic mass is 32.1. The van der Waals surface area contributed by atoms with Crippen LogP contribution in [0.2, 0.25) is 0 Å². The average Bonchev–Trinajstić information content (AvgIpc) is 2.98. The van der Waals surface area contributed by atoms with Crippen molar-refractivity contribution in [2.75, 3.05) is 6.54 Å². The number of carbonyl (C=O) groups excluding carboxylic acids is 1. The molecule has 0 atom stereocenters. The highest BCUT2D eigenvalue weighted by Gasteiger charge is 2.13. The molecule has 1 fully saturated rings. The van der Waals surface area contributed by atoms with Crippen LogP contribution in [0.3, 0.4) is 0 Å². The number of nitrogens with one attached hydrogen (secondary N) is 1. The van der Waals surface area contributed by atoms with Crippen molar-refractivity contribution >= 4 is 22.2 Å². The summed E-state index contributed by atoms with van der Waals surface area (Å²) in [5.74, 6) is 0.766. The van der Waals surface area contributed by atoms with Gasteiger partial charge in [-0.15, -0.1) is 11.3 Å². The summed E-state index contributed by atoms with van der Waals surface area (Å²) in [5, 5.41) is 5.10. The summed E-state index contributed by atoms with van der Waals surface area (Å²) in [6.45, 7) is 0.834. The fourth-order valence-corrected chi connectivity index (χ4v) is 3.81. The number of thiazole rings is 1. The van der Waals surface area contributed by atoms with Gasteiger partial charge in [0.25, 0.3) is 0 Å². The van der Waals surface area contributed by atoms with Gasteiger partial charge in [0, 0.05) is 24.3 Å². The molecule has 1 amide bonds. The lowest BCUT2D eigenvalue weighted by Gasteiger charge is -2.19. The third-order valence-corrected chi connectivity index (χ3v) is 5.07. The van der Waals surface area contributed by atoms with Crippen LogP contribution >= 0.6 is 11.3 Å². The van der Waals surface area contributed by atoms with E-state index < -0.39 is 0 Å². The minimum Gasteiger partial charge on any atom is -0.355 e. The summed E-state index contributed by atoms with van der Waals surface area (Å²) in [4.78, 5) is 17.5. The van der Waals surface area contributed by atoms with Crippen LogP contribution in [0.1, 0.15) is 50.6 Å². The van der Waals surface area contributed by atoms with Crippen LogP contribution in [0.5, 0.6) is 0 Å². The molecule has 2 aromatic rings. The Morgan fingerprint density at radius 2 is 2.05 bits per heavy atom. The number of imidazole rings is 1. The summed E-state index contributed by atoms with van der Waals surface area (Å²) in [6.07, 6.45) is 13.6. The Labute approximate surface area is 129 Å². The van der Waals surface area contributed by atoms with Crippen LogP contribution in [0.25, 0.3) is 4.96 Å². The van der Waals surface area contributed by atoms with E-state index in [-0.39, 0.29) is 5.91 Å². The lowest BCUT2D eigenvalue weighted by Crippen LogP contribution is -2.31. The molecule has 5 heteroatoms. The van der Waals surface area contributed by atoms with Crippen molar-refractivity contribution in [1.29, 1.82) is 0 Å². The summed E-state index contributed by atoms with van der Waals surface area (Å²) in [7, 11) is 0. The molecule has 0 radical (unpaired) electrons. The van der Waals surface area contributed by atoms with Gasteiger partial charge >= 0.3 is 0 Å². The van der Waals surface area contributed by atoms with E-state index in [0.29, 0.717) is 12.3 Å². The standard InChI is InChI=1S/C16H23N3OS/c20-15(10-14-12-19-8-9-21-16(19)18-14)17-11-13-6-4-2-1-3-5-7-13/h8-9,12-13H,1-7,10-11H2,(H,17,20). The predicted octanol–water partition coefficient (Wildman–Crippen LogP) is 3.42. The molecule has 4 nitrogen and oxygen atoms in total.